The van der Waals surface area contributed by atoms with Gasteiger partial charge in [0.15, 0.2) is 11.0 Å². The lowest BCUT2D eigenvalue weighted by molar-refractivity contribution is 0.102. The molecule has 3 heterocycles. The highest BCUT2D eigenvalue weighted by atomic mass is 32.1. The minimum absolute atomic E-state index is 0.282. The number of carbonyl (C=O) groups excluding carboxylic acids is 1. The third kappa shape index (κ3) is 5.46. The highest BCUT2D eigenvalue weighted by Crippen LogP contribution is 2.30. The second kappa shape index (κ2) is 10.7. The Morgan fingerprint density at radius 1 is 1.14 bits per heavy atom. The van der Waals surface area contributed by atoms with Crippen LogP contribution in [-0.4, -0.2) is 32.3 Å². The van der Waals surface area contributed by atoms with E-state index in [9.17, 15) is 4.79 Å². The fourth-order valence-corrected chi connectivity index (χ4v) is 4.70. The maximum atomic E-state index is 12.9. The summed E-state index contributed by atoms with van der Waals surface area (Å²) in [6.45, 7) is 7.01. The lowest BCUT2D eigenvalue weighted by Gasteiger charge is -2.15. The zero-order chi connectivity index (χ0) is 24.9. The van der Waals surface area contributed by atoms with Crippen LogP contribution >= 0.6 is 11.3 Å². The Bertz CT molecular complexity index is 1380. The van der Waals surface area contributed by atoms with E-state index in [0.29, 0.717) is 41.0 Å². The molecule has 0 bridgehead atoms. The number of nitrogens with one attached hydrogen (secondary N) is 1. The van der Waals surface area contributed by atoms with Crippen LogP contribution in [0.2, 0.25) is 0 Å². The highest BCUT2D eigenvalue weighted by molar-refractivity contribution is 7.13. The first-order valence-electron chi connectivity index (χ1n) is 11.9. The van der Waals surface area contributed by atoms with Crippen LogP contribution in [0.3, 0.4) is 0 Å². The van der Waals surface area contributed by atoms with Crippen LogP contribution in [0.1, 0.15) is 41.1 Å². The van der Waals surface area contributed by atoms with Crippen LogP contribution in [-0.2, 0) is 13.0 Å². The average molecular weight is 502 g/mol. The van der Waals surface area contributed by atoms with E-state index in [0.717, 1.165) is 48.7 Å². The van der Waals surface area contributed by atoms with E-state index < -0.39 is 0 Å². The van der Waals surface area contributed by atoms with Crippen molar-refractivity contribution in [2.45, 2.75) is 39.2 Å². The molecule has 4 aromatic rings. The lowest BCUT2D eigenvalue weighted by Crippen LogP contribution is -2.12. The highest BCUT2D eigenvalue weighted by Gasteiger charge is 2.17. The number of carbonyl (C=O) groups is 1. The molecule has 1 aliphatic heterocycles. The number of hydrogen-bond donors (Lipinski definition) is 1. The fraction of sp³-hybridized carbons (Fsp3) is 0.259. The summed E-state index contributed by atoms with van der Waals surface area (Å²) in [7, 11) is 0. The normalized spacial score (nSPS) is 12.6. The largest absolute Gasteiger partial charge is 0.493 e. The van der Waals surface area contributed by atoms with Crippen molar-refractivity contribution < 1.29 is 14.3 Å². The summed E-state index contributed by atoms with van der Waals surface area (Å²) in [6, 6.07) is 12.9. The minimum Gasteiger partial charge on any atom is -0.493 e. The summed E-state index contributed by atoms with van der Waals surface area (Å²) in [5.41, 5.74) is 2.26. The van der Waals surface area contributed by atoms with Gasteiger partial charge in [-0.3, -0.25) is 10.1 Å². The first-order valence-corrected chi connectivity index (χ1v) is 12.8. The number of aromatic nitrogens is 4. The van der Waals surface area contributed by atoms with E-state index in [1.165, 1.54) is 11.3 Å². The standard InChI is InChI=1S/C27H27N5O3S/c1-3-4-13-34-22-14-20(26(33)29-27-28-18(2)17-36-27)15-23(16-22)35-21-10-8-19(9-11-21)25-31-30-24-7-5-6-12-32(24)25/h3,8-11,14-17H,1,4-7,12-13H2,2H3,(H,28,29,33). The van der Waals surface area contributed by atoms with Crippen LogP contribution < -0.4 is 14.8 Å². The van der Waals surface area contributed by atoms with Gasteiger partial charge in [-0.15, -0.1) is 28.1 Å². The molecule has 0 atom stereocenters. The Kier molecular flexibility index (Phi) is 7.08. The van der Waals surface area contributed by atoms with Gasteiger partial charge < -0.3 is 14.0 Å². The summed E-state index contributed by atoms with van der Waals surface area (Å²) < 4.78 is 14.1. The van der Waals surface area contributed by atoms with Crippen LogP contribution in [0.25, 0.3) is 11.4 Å². The van der Waals surface area contributed by atoms with Gasteiger partial charge in [0, 0.05) is 35.5 Å². The maximum Gasteiger partial charge on any atom is 0.257 e. The Hall–Kier alpha value is -3.98. The molecule has 0 fully saturated rings. The number of amides is 1. The van der Waals surface area contributed by atoms with E-state index in [4.69, 9.17) is 9.47 Å². The van der Waals surface area contributed by atoms with Crippen molar-refractivity contribution in [3.8, 4) is 28.6 Å². The molecule has 0 saturated heterocycles. The number of rotatable bonds is 9. The minimum atomic E-state index is -0.282. The second-order valence-corrected chi connectivity index (χ2v) is 9.40. The van der Waals surface area contributed by atoms with Gasteiger partial charge in [-0.05, 0) is 62.6 Å². The Morgan fingerprint density at radius 3 is 2.75 bits per heavy atom. The van der Waals surface area contributed by atoms with Gasteiger partial charge in [0.1, 0.15) is 23.1 Å². The van der Waals surface area contributed by atoms with Gasteiger partial charge in [0.25, 0.3) is 5.91 Å². The third-order valence-corrected chi connectivity index (χ3v) is 6.66. The monoisotopic (exact) mass is 501 g/mol. The molecule has 0 saturated carbocycles. The molecule has 9 heteroatoms. The van der Waals surface area contributed by atoms with Crippen LogP contribution in [0.4, 0.5) is 5.13 Å². The van der Waals surface area contributed by atoms with Crippen LogP contribution in [0, 0.1) is 6.92 Å². The molecule has 1 aliphatic rings. The number of aryl methyl sites for hydroxylation is 2. The molecule has 8 nitrogen and oxygen atoms in total. The first kappa shape index (κ1) is 23.7. The van der Waals surface area contributed by atoms with E-state index in [1.807, 2.05) is 36.6 Å². The Labute approximate surface area is 213 Å². The molecular weight excluding hydrogens is 474 g/mol. The van der Waals surface area contributed by atoms with Crippen molar-refractivity contribution in [1.29, 1.82) is 0 Å². The molecule has 0 unspecified atom stereocenters. The van der Waals surface area contributed by atoms with Crippen molar-refractivity contribution in [3.63, 3.8) is 0 Å². The SMILES string of the molecule is C=CCCOc1cc(Oc2ccc(-c3nnc4n3CCCC4)cc2)cc(C(=O)Nc2nc(C)cs2)c1. The van der Waals surface area contributed by atoms with Gasteiger partial charge in [0.05, 0.1) is 12.3 Å². The van der Waals surface area contributed by atoms with Gasteiger partial charge in [-0.1, -0.05) is 6.08 Å². The summed E-state index contributed by atoms with van der Waals surface area (Å²) in [4.78, 5) is 17.2. The van der Waals surface area contributed by atoms with Crippen molar-refractivity contribution in [3.05, 3.63) is 77.6 Å². The molecule has 184 valence electrons. The molecule has 36 heavy (non-hydrogen) atoms. The molecule has 2 aromatic heterocycles. The number of hydrogen-bond acceptors (Lipinski definition) is 7. The zero-order valence-electron chi connectivity index (χ0n) is 20.1. The second-order valence-electron chi connectivity index (χ2n) is 8.54. The number of benzene rings is 2. The molecule has 1 N–H and O–H groups in total. The van der Waals surface area contributed by atoms with Crippen molar-refractivity contribution in [1.82, 2.24) is 19.7 Å². The van der Waals surface area contributed by atoms with Gasteiger partial charge in [-0.2, -0.15) is 0 Å². The van der Waals surface area contributed by atoms with Gasteiger partial charge in [0.2, 0.25) is 0 Å². The number of fused-ring (bicyclic) bond motifs is 1. The molecule has 2 aromatic carbocycles. The third-order valence-electron chi connectivity index (χ3n) is 5.78. The van der Waals surface area contributed by atoms with Crippen LogP contribution in [0.15, 0.2) is 60.5 Å². The molecule has 5 rings (SSSR count). The molecule has 0 radical (unpaired) electrons. The van der Waals surface area contributed by atoms with Crippen molar-refractivity contribution in [2.75, 3.05) is 11.9 Å². The van der Waals surface area contributed by atoms with Gasteiger partial charge in [-0.25, -0.2) is 4.98 Å². The Morgan fingerprint density at radius 2 is 1.97 bits per heavy atom. The first-order chi connectivity index (χ1) is 17.6. The number of nitrogens with zero attached hydrogens (tertiary/aromatic N) is 4. The number of anilines is 1. The quantitative estimate of drug-likeness (QED) is 0.222. The average Bonchev–Trinajstić information content (AvgIpc) is 3.50. The summed E-state index contributed by atoms with van der Waals surface area (Å²) in [6.07, 6.45) is 5.75. The summed E-state index contributed by atoms with van der Waals surface area (Å²) in [5, 5.41) is 14.0. The van der Waals surface area contributed by atoms with Crippen molar-refractivity contribution >= 4 is 22.4 Å². The number of ether oxygens (including phenoxy) is 2. The van der Waals surface area contributed by atoms with E-state index in [-0.39, 0.29) is 5.91 Å². The lowest BCUT2D eigenvalue weighted by atomic mass is 10.1. The predicted molar refractivity (Wildman–Crippen MR) is 140 cm³/mol. The van der Waals surface area contributed by atoms with E-state index >= 15 is 0 Å². The molecule has 0 aliphatic carbocycles. The topological polar surface area (TPSA) is 91.2 Å². The summed E-state index contributed by atoms with van der Waals surface area (Å²) >= 11 is 1.38. The number of thiazole rings is 1. The predicted octanol–water partition coefficient (Wildman–Crippen LogP) is 6.05. The van der Waals surface area contributed by atoms with E-state index in [2.05, 4.69) is 31.6 Å². The zero-order valence-corrected chi connectivity index (χ0v) is 20.9. The maximum absolute atomic E-state index is 12.9. The van der Waals surface area contributed by atoms with Crippen molar-refractivity contribution in [2.24, 2.45) is 0 Å². The summed E-state index contributed by atoms with van der Waals surface area (Å²) in [5.74, 6) is 3.33. The smallest absolute Gasteiger partial charge is 0.257 e. The molecule has 0 spiro atoms. The van der Waals surface area contributed by atoms with Crippen LogP contribution in [0.5, 0.6) is 17.2 Å². The molecule has 1 amide bonds. The fourth-order valence-electron chi connectivity index (χ4n) is 4.02. The Balaban J connectivity index is 1.36. The van der Waals surface area contributed by atoms with E-state index in [1.54, 1.807) is 24.3 Å². The molecular formula is C27H27N5O3S. The van der Waals surface area contributed by atoms with Gasteiger partial charge >= 0.3 is 0 Å².